The van der Waals surface area contributed by atoms with Crippen LogP contribution in [0.25, 0.3) is 0 Å². The van der Waals surface area contributed by atoms with E-state index in [4.69, 9.17) is 7.85 Å². The summed E-state index contributed by atoms with van der Waals surface area (Å²) >= 11 is 0. The van der Waals surface area contributed by atoms with Gasteiger partial charge in [-0.2, -0.15) is 0 Å². The van der Waals surface area contributed by atoms with Gasteiger partial charge in [0.25, 0.3) is 0 Å². The molecule has 1 unspecified atom stereocenters. The molecule has 1 saturated heterocycles. The van der Waals surface area contributed by atoms with E-state index in [0.29, 0.717) is 11.0 Å². The van der Waals surface area contributed by atoms with Crippen molar-refractivity contribution in [2.24, 2.45) is 0 Å². The molecule has 5 nitrogen and oxygen atoms in total. The first-order chi connectivity index (χ1) is 10.2. The highest BCUT2D eigenvalue weighted by Crippen LogP contribution is 2.43. The third kappa shape index (κ3) is 1.88. The van der Waals surface area contributed by atoms with Crippen molar-refractivity contribution in [3.05, 3.63) is 23.5 Å². The Morgan fingerprint density at radius 3 is 2.64 bits per heavy atom. The van der Waals surface area contributed by atoms with Crippen molar-refractivity contribution in [2.75, 3.05) is 4.90 Å². The number of nitrogens with zero attached hydrogens (tertiary/aromatic N) is 1. The van der Waals surface area contributed by atoms with Crippen molar-refractivity contribution in [1.29, 1.82) is 0 Å². The lowest BCUT2D eigenvalue weighted by Crippen LogP contribution is -2.55. The van der Waals surface area contributed by atoms with Crippen molar-refractivity contribution >= 4 is 36.7 Å². The van der Waals surface area contributed by atoms with Gasteiger partial charge in [0, 0.05) is 6.42 Å². The molecule has 0 saturated carbocycles. The molecule has 3 amide bonds. The van der Waals surface area contributed by atoms with Gasteiger partial charge in [0.1, 0.15) is 19.7 Å². The minimum absolute atomic E-state index is 0.0458. The summed E-state index contributed by atoms with van der Waals surface area (Å²) in [6.45, 7) is 3.30. The standard InChI is InChI=1S/C15H14BFN2O3/c1-15(2)11-7(16)3-4-8(17)12(11)19(14(15)22)9-5-6-10(20)18-13(9)21/h3-4,9H,5-6H2,1-2H3,(H,18,20,21). The number of nitrogens with one attached hydrogen (secondary N) is 1. The van der Waals surface area contributed by atoms with Gasteiger partial charge in [-0.05, 0) is 31.9 Å². The average molecular weight is 300 g/mol. The van der Waals surface area contributed by atoms with Gasteiger partial charge < -0.3 is 0 Å². The Morgan fingerprint density at radius 2 is 2.00 bits per heavy atom. The number of carbonyl (C=O) groups excluding carboxylic acids is 3. The first kappa shape index (κ1) is 14.7. The molecule has 1 aromatic carbocycles. The minimum Gasteiger partial charge on any atom is -0.296 e. The Kier molecular flexibility index (Phi) is 3.12. The molecule has 0 bridgehead atoms. The highest BCUT2D eigenvalue weighted by molar-refractivity contribution is 6.35. The molecule has 0 aromatic heterocycles. The molecule has 0 spiro atoms. The van der Waals surface area contributed by atoms with Crippen molar-refractivity contribution in [3.8, 4) is 0 Å². The summed E-state index contributed by atoms with van der Waals surface area (Å²) in [5.41, 5.74) is -0.278. The average Bonchev–Trinajstić information content (AvgIpc) is 2.64. The highest BCUT2D eigenvalue weighted by atomic mass is 19.1. The Hall–Kier alpha value is -2.18. The smallest absolute Gasteiger partial charge is 0.249 e. The van der Waals surface area contributed by atoms with Crippen LogP contribution in [-0.4, -0.2) is 31.6 Å². The Morgan fingerprint density at radius 1 is 1.32 bits per heavy atom. The van der Waals surface area contributed by atoms with E-state index in [2.05, 4.69) is 5.32 Å². The van der Waals surface area contributed by atoms with Gasteiger partial charge in [-0.25, -0.2) is 4.39 Å². The molecule has 2 heterocycles. The van der Waals surface area contributed by atoms with Crippen LogP contribution in [0.2, 0.25) is 0 Å². The van der Waals surface area contributed by atoms with Crippen LogP contribution < -0.4 is 15.7 Å². The maximum absolute atomic E-state index is 14.3. The van der Waals surface area contributed by atoms with E-state index < -0.39 is 29.1 Å². The van der Waals surface area contributed by atoms with Gasteiger partial charge >= 0.3 is 0 Å². The summed E-state index contributed by atoms with van der Waals surface area (Å²) < 4.78 is 14.3. The SMILES string of the molecule is [B]c1ccc(F)c2c1C(C)(C)C(=O)N2C1CCC(=O)NC1=O. The lowest BCUT2D eigenvalue weighted by Gasteiger charge is -2.31. The van der Waals surface area contributed by atoms with E-state index in [0.717, 1.165) is 4.90 Å². The molecule has 1 N–H and O–H groups in total. The molecule has 112 valence electrons. The van der Waals surface area contributed by atoms with E-state index in [1.54, 1.807) is 13.8 Å². The summed E-state index contributed by atoms with van der Waals surface area (Å²) in [7, 11) is 5.93. The number of hydrogen-bond donors (Lipinski definition) is 1. The van der Waals surface area contributed by atoms with Crippen LogP contribution in [0, 0.1) is 5.82 Å². The number of anilines is 1. The van der Waals surface area contributed by atoms with Crippen molar-refractivity contribution < 1.29 is 18.8 Å². The first-order valence-corrected chi connectivity index (χ1v) is 7.01. The van der Waals surface area contributed by atoms with Gasteiger partial charge in [-0.15, -0.1) is 0 Å². The fraction of sp³-hybridized carbons (Fsp3) is 0.400. The molecule has 3 rings (SSSR count). The zero-order chi connectivity index (χ0) is 16.2. The molecule has 1 aromatic rings. The monoisotopic (exact) mass is 300 g/mol. The maximum Gasteiger partial charge on any atom is 0.249 e. The van der Waals surface area contributed by atoms with Crippen LogP contribution >= 0.6 is 0 Å². The summed E-state index contributed by atoms with van der Waals surface area (Å²) in [5.74, 6) is -1.97. The number of fused-ring (bicyclic) bond motifs is 1. The molecule has 1 fully saturated rings. The summed E-state index contributed by atoms with van der Waals surface area (Å²) in [6, 6.07) is 1.70. The van der Waals surface area contributed by atoms with Crippen LogP contribution in [0.1, 0.15) is 32.3 Å². The number of carbonyl (C=O) groups is 3. The predicted octanol–water partition coefficient (Wildman–Crippen LogP) is 0.0489. The summed E-state index contributed by atoms with van der Waals surface area (Å²) in [4.78, 5) is 37.3. The minimum atomic E-state index is -1.02. The van der Waals surface area contributed by atoms with E-state index in [1.165, 1.54) is 12.1 Å². The summed E-state index contributed by atoms with van der Waals surface area (Å²) in [6.07, 6.45) is 0.278. The van der Waals surface area contributed by atoms with Crippen molar-refractivity contribution in [3.63, 3.8) is 0 Å². The molecule has 22 heavy (non-hydrogen) atoms. The van der Waals surface area contributed by atoms with Crippen molar-refractivity contribution in [1.82, 2.24) is 5.32 Å². The van der Waals surface area contributed by atoms with Gasteiger partial charge in [-0.3, -0.25) is 24.6 Å². The number of amides is 3. The zero-order valence-electron chi connectivity index (χ0n) is 12.3. The second kappa shape index (κ2) is 4.66. The van der Waals surface area contributed by atoms with Crippen LogP contribution in [0.15, 0.2) is 12.1 Å². The Labute approximate surface area is 128 Å². The van der Waals surface area contributed by atoms with Crippen LogP contribution in [-0.2, 0) is 19.8 Å². The fourth-order valence-electron chi connectivity index (χ4n) is 3.21. The van der Waals surface area contributed by atoms with E-state index >= 15 is 0 Å². The first-order valence-electron chi connectivity index (χ1n) is 7.01. The number of rotatable bonds is 1. The normalized spacial score (nSPS) is 23.5. The Balaban J connectivity index is 2.16. The van der Waals surface area contributed by atoms with E-state index in [9.17, 15) is 18.8 Å². The Bertz CT molecular complexity index is 717. The number of hydrogen-bond acceptors (Lipinski definition) is 3. The van der Waals surface area contributed by atoms with Crippen LogP contribution in [0.3, 0.4) is 0 Å². The van der Waals surface area contributed by atoms with Gasteiger partial charge in [0.05, 0.1) is 11.1 Å². The number of benzene rings is 1. The van der Waals surface area contributed by atoms with Gasteiger partial charge in [-0.1, -0.05) is 11.5 Å². The lowest BCUT2D eigenvalue weighted by atomic mass is 9.77. The second-order valence-electron chi connectivity index (χ2n) is 6.13. The maximum atomic E-state index is 14.3. The third-order valence-corrected chi connectivity index (χ3v) is 4.30. The summed E-state index contributed by atoms with van der Waals surface area (Å²) in [5, 5.41) is 2.19. The van der Waals surface area contributed by atoms with Crippen molar-refractivity contribution in [2.45, 2.75) is 38.1 Å². The van der Waals surface area contributed by atoms with Crippen LogP contribution in [0.4, 0.5) is 10.1 Å². The molecule has 0 aliphatic carbocycles. The quantitative estimate of drug-likeness (QED) is 0.588. The lowest BCUT2D eigenvalue weighted by molar-refractivity contribution is -0.136. The predicted molar refractivity (Wildman–Crippen MR) is 78.5 cm³/mol. The van der Waals surface area contributed by atoms with Crippen LogP contribution in [0.5, 0.6) is 0 Å². The number of imide groups is 1. The topological polar surface area (TPSA) is 66.5 Å². The highest BCUT2D eigenvalue weighted by Gasteiger charge is 2.50. The zero-order valence-corrected chi connectivity index (χ0v) is 12.3. The molecular weight excluding hydrogens is 286 g/mol. The molecule has 2 aliphatic heterocycles. The molecular formula is C15H14BFN2O3. The molecule has 7 heteroatoms. The molecule has 2 radical (unpaired) electrons. The van der Waals surface area contributed by atoms with E-state index in [1.807, 2.05) is 0 Å². The second-order valence-corrected chi connectivity index (χ2v) is 6.13. The largest absolute Gasteiger partial charge is 0.296 e. The number of halogens is 1. The van der Waals surface area contributed by atoms with Gasteiger partial charge in [0.15, 0.2) is 0 Å². The third-order valence-electron chi connectivity index (χ3n) is 4.30. The number of piperidine rings is 1. The fourth-order valence-corrected chi connectivity index (χ4v) is 3.21. The molecule has 1 atom stereocenters. The molecule has 2 aliphatic rings. The van der Waals surface area contributed by atoms with E-state index in [-0.39, 0.29) is 24.4 Å². The van der Waals surface area contributed by atoms with Gasteiger partial charge in [0.2, 0.25) is 17.7 Å².